The average molecular weight is 385 g/mol. The number of fused-ring (bicyclic) bond motifs is 1. The Hall–Kier alpha value is -2.38. The number of likely N-dealkylation sites (N-methyl/N-ethyl adjacent to an activating group) is 1. The van der Waals surface area contributed by atoms with E-state index in [1.165, 1.54) is 0 Å². The molecule has 28 heavy (non-hydrogen) atoms. The number of rotatable bonds is 2. The van der Waals surface area contributed by atoms with Crippen LogP contribution in [0.1, 0.15) is 43.4 Å². The summed E-state index contributed by atoms with van der Waals surface area (Å²) in [6, 6.07) is 2.20. The van der Waals surface area contributed by atoms with Crippen LogP contribution in [0.25, 0.3) is 5.57 Å². The molecule has 0 saturated carbocycles. The molecule has 1 aromatic carbocycles. The van der Waals surface area contributed by atoms with Gasteiger partial charge >= 0.3 is 0 Å². The van der Waals surface area contributed by atoms with E-state index < -0.39 is 5.79 Å². The highest BCUT2D eigenvalue weighted by Crippen LogP contribution is 2.42. The van der Waals surface area contributed by atoms with Crippen LogP contribution in [-0.4, -0.2) is 32.1 Å². The van der Waals surface area contributed by atoms with Crippen LogP contribution < -0.4 is 26.4 Å². The summed E-state index contributed by atoms with van der Waals surface area (Å²) >= 11 is 0. The minimum Gasteiger partial charge on any atom is -0.492 e. The van der Waals surface area contributed by atoms with Gasteiger partial charge in [0.2, 0.25) is 5.79 Å². The normalized spacial score (nSPS) is 26.9. The fourth-order valence-corrected chi connectivity index (χ4v) is 4.11. The third kappa shape index (κ3) is 3.29. The molecule has 1 unspecified atom stereocenters. The van der Waals surface area contributed by atoms with Gasteiger partial charge in [-0.25, -0.2) is 9.38 Å². The monoisotopic (exact) mass is 385 g/mol. The molecule has 2 atom stereocenters. The van der Waals surface area contributed by atoms with Gasteiger partial charge in [0.1, 0.15) is 17.4 Å². The Balaban J connectivity index is 1.86. The first-order valence-electron chi connectivity index (χ1n) is 9.85. The third-order valence-corrected chi connectivity index (χ3v) is 5.60. The largest absolute Gasteiger partial charge is 0.492 e. The van der Waals surface area contributed by atoms with Gasteiger partial charge in [-0.1, -0.05) is 6.08 Å². The van der Waals surface area contributed by atoms with Gasteiger partial charge in [0.15, 0.2) is 0 Å². The second-order valence-corrected chi connectivity index (χ2v) is 7.74. The summed E-state index contributed by atoms with van der Waals surface area (Å²) in [6.07, 6.45) is 6.39. The van der Waals surface area contributed by atoms with E-state index in [0.717, 1.165) is 36.1 Å². The maximum atomic E-state index is 16.0. The molecule has 6 nitrogen and oxygen atoms in total. The maximum absolute atomic E-state index is 16.0. The second-order valence-electron chi connectivity index (χ2n) is 7.74. The predicted molar refractivity (Wildman–Crippen MR) is 110 cm³/mol. The number of aliphatic imine (C=N–C) groups is 1. The number of nitrogens with two attached hydrogens (primary N) is 1. The first-order chi connectivity index (χ1) is 13.4. The first kappa shape index (κ1) is 19.0. The number of ether oxygens (including phenoxy) is 1. The van der Waals surface area contributed by atoms with Crippen LogP contribution in [0.5, 0.6) is 5.75 Å². The van der Waals surface area contributed by atoms with Crippen molar-refractivity contribution in [3.8, 4) is 5.75 Å². The highest BCUT2D eigenvalue weighted by Gasteiger charge is 2.37. The number of nitrogens with one attached hydrogen (secondary N) is 3. The summed E-state index contributed by atoms with van der Waals surface area (Å²) in [5.74, 6) is -0.454. The molecule has 0 amide bonds. The quantitative estimate of drug-likeness (QED) is 0.627. The number of benzene rings is 1. The molecule has 7 heteroatoms. The SMILES string of the molecule is CNC1=NC(N)(c2cc3c(c(C4=CCN[C@@H](C)CC4)c2F)OCC3)NC(C)=C1. The number of hydrogen-bond donors (Lipinski definition) is 4. The highest BCUT2D eigenvalue weighted by molar-refractivity contribution is 5.94. The highest BCUT2D eigenvalue weighted by atomic mass is 19.1. The average Bonchev–Trinajstić information content (AvgIpc) is 3.01. The molecule has 0 fully saturated rings. The maximum Gasteiger partial charge on any atom is 0.214 e. The lowest BCUT2D eigenvalue weighted by atomic mass is 9.91. The first-order valence-corrected chi connectivity index (χ1v) is 9.85. The molecule has 0 aliphatic carbocycles. The number of hydrogen-bond acceptors (Lipinski definition) is 6. The molecule has 0 aromatic heterocycles. The molecule has 0 saturated heterocycles. The molecule has 150 valence electrons. The van der Waals surface area contributed by atoms with E-state index in [-0.39, 0.29) is 5.82 Å². The lowest BCUT2D eigenvalue weighted by Crippen LogP contribution is -2.52. The van der Waals surface area contributed by atoms with Crippen molar-refractivity contribution in [1.29, 1.82) is 0 Å². The van der Waals surface area contributed by atoms with Crippen molar-refractivity contribution < 1.29 is 9.13 Å². The van der Waals surface area contributed by atoms with Crippen LogP contribution in [-0.2, 0) is 12.2 Å². The van der Waals surface area contributed by atoms with E-state index in [4.69, 9.17) is 10.5 Å². The van der Waals surface area contributed by atoms with Gasteiger partial charge in [0, 0.05) is 31.8 Å². The van der Waals surface area contributed by atoms with E-state index in [9.17, 15) is 0 Å². The Labute approximate surface area is 165 Å². The van der Waals surface area contributed by atoms with E-state index in [1.54, 1.807) is 7.05 Å². The molecular weight excluding hydrogens is 357 g/mol. The molecule has 5 N–H and O–H groups in total. The molecule has 1 aromatic rings. The van der Waals surface area contributed by atoms with Gasteiger partial charge in [-0.3, -0.25) is 5.73 Å². The van der Waals surface area contributed by atoms with Gasteiger partial charge in [-0.15, -0.1) is 0 Å². The summed E-state index contributed by atoms with van der Waals surface area (Å²) in [4.78, 5) is 4.54. The number of nitrogens with zero attached hydrogens (tertiary/aromatic N) is 1. The smallest absolute Gasteiger partial charge is 0.214 e. The van der Waals surface area contributed by atoms with Crippen LogP contribution in [0, 0.1) is 5.82 Å². The minimum atomic E-state index is -1.37. The van der Waals surface area contributed by atoms with Gasteiger partial charge in [0.05, 0.1) is 17.7 Å². The van der Waals surface area contributed by atoms with Crippen molar-refractivity contribution in [2.75, 3.05) is 20.2 Å². The lowest BCUT2D eigenvalue weighted by molar-refractivity contribution is 0.350. The van der Waals surface area contributed by atoms with E-state index >= 15 is 4.39 Å². The Kier molecular flexibility index (Phi) is 4.89. The third-order valence-electron chi connectivity index (χ3n) is 5.60. The van der Waals surface area contributed by atoms with Crippen molar-refractivity contribution in [2.24, 2.45) is 10.7 Å². The molecule has 0 bridgehead atoms. The van der Waals surface area contributed by atoms with Crippen LogP contribution in [0.4, 0.5) is 4.39 Å². The van der Waals surface area contributed by atoms with E-state index in [0.29, 0.717) is 41.9 Å². The second kappa shape index (κ2) is 7.22. The Morgan fingerprint density at radius 1 is 1.39 bits per heavy atom. The van der Waals surface area contributed by atoms with Crippen molar-refractivity contribution in [3.63, 3.8) is 0 Å². The summed E-state index contributed by atoms with van der Waals surface area (Å²) in [5, 5.41) is 9.58. The van der Waals surface area contributed by atoms with Crippen molar-refractivity contribution in [1.82, 2.24) is 16.0 Å². The number of halogens is 1. The van der Waals surface area contributed by atoms with Gasteiger partial charge in [0.25, 0.3) is 0 Å². The molecule has 4 rings (SSSR count). The topological polar surface area (TPSA) is 83.7 Å². The number of amidine groups is 1. The van der Waals surface area contributed by atoms with Crippen LogP contribution in [0.3, 0.4) is 0 Å². The zero-order chi connectivity index (χ0) is 19.9. The van der Waals surface area contributed by atoms with Gasteiger partial charge in [-0.2, -0.15) is 0 Å². The molecule has 3 aliphatic rings. The van der Waals surface area contributed by atoms with Crippen molar-refractivity contribution in [2.45, 2.75) is 44.9 Å². The van der Waals surface area contributed by atoms with Gasteiger partial charge < -0.3 is 20.7 Å². The summed E-state index contributed by atoms with van der Waals surface area (Å²) in [7, 11) is 1.77. The molecule has 3 heterocycles. The Bertz CT molecular complexity index is 891. The lowest BCUT2D eigenvalue weighted by Gasteiger charge is -2.33. The fourth-order valence-electron chi connectivity index (χ4n) is 4.11. The summed E-state index contributed by atoms with van der Waals surface area (Å²) < 4.78 is 21.8. The van der Waals surface area contributed by atoms with Crippen molar-refractivity contribution >= 4 is 11.4 Å². The van der Waals surface area contributed by atoms with Crippen LogP contribution in [0.2, 0.25) is 0 Å². The zero-order valence-electron chi connectivity index (χ0n) is 16.7. The fraction of sp³-hybridized carbons (Fsp3) is 0.476. The van der Waals surface area contributed by atoms with Crippen LogP contribution >= 0.6 is 0 Å². The van der Waals surface area contributed by atoms with E-state index in [2.05, 4.69) is 33.9 Å². The molecule has 0 radical (unpaired) electrons. The molecule has 0 spiro atoms. The van der Waals surface area contributed by atoms with Gasteiger partial charge in [-0.05, 0) is 50.0 Å². The molecule has 3 aliphatic heterocycles. The summed E-state index contributed by atoms with van der Waals surface area (Å²) in [6.45, 7) is 5.31. The predicted octanol–water partition coefficient (Wildman–Crippen LogP) is 2.11. The standard InChI is InChI=1S/C21H28FN5O/c1-12-4-5-14(6-8-25-12)18-19(22)16(11-15-7-9-28-20(15)18)21(23)26-13(2)10-17(24-3)27-21/h6,10-12,25-26H,4-5,7-9,23H2,1-3H3,(H,24,27)/t12-,21?/m0/s1. The van der Waals surface area contributed by atoms with E-state index in [1.807, 2.05) is 19.1 Å². The van der Waals surface area contributed by atoms with Crippen LogP contribution in [0.15, 0.2) is 28.9 Å². The minimum absolute atomic E-state index is 0.345. The number of allylic oxidation sites excluding steroid dienone is 2. The summed E-state index contributed by atoms with van der Waals surface area (Å²) in [5.41, 5.74) is 10.3. The van der Waals surface area contributed by atoms with Crippen molar-refractivity contribution in [3.05, 3.63) is 46.4 Å². The Morgan fingerprint density at radius 2 is 2.21 bits per heavy atom. The zero-order valence-corrected chi connectivity index (χ0v) is 16.7. The molecular formula is C21H28FN5O. The Morgan fingerprint density at radius 3 is 3.00 bits per heavy atom.